The van der Waals surface area contributed by atoms with Crippen molar-refractivity contribution in [1.82, 2.24) is 10.2 Å². The minimum absolute atomic E-state index is 0.904. The van der Waals surface area contributed by atoms with Crippen LogP contribution in [0.25, 0.3) is 0 Å². The largest absolute Gasteiger partial charge is 0.316 e. The van der Waals surface area contributed by atoms with Crippen LogP contribution in [0.15, 0.2) is 0 Å². The third kappa shape index (κ3) is 4.34. The maximum atomic E-state index is 3.53. The molecule has 13 heavy (non-hydrogen) atoms. The molecule has 1 N–H and O–H groups in total. The van der Waals surface area contributed by atoms with Gasteiger partial charge in [-0.15, -0.1) is 0 Å². The Balaban J connectivity index is 1.97. The summed E-state index contributed by atoms with van der Waals surface area (Å²) in [5.41, 5.74) is 0. The SMILES string of the molecule is CCN1CCC(CNCCSC)C1. The molecular weight excluding hydrogens is 180 g/mol. The summed E-state index contributed by atoms with van der Waals surface area (Å²) in [6.07, 6.45) is 3.55. The van der Waals surface area contributed by atoms with Gasteiger partial charge in [0.05, 0.1) is 0 Å². The van der Waals surface area contributed by atoms with E-state index in [0.29, 0.717) is 0 Å². The van der Waals surface area contributed by atoms with Gasteiger partial charge in [0.25, 0.3) is 0 Å². The first kappa shape index (κ1) is 11.3. The Morgan fingerprint density at radius 2 is 2.38 bits per heavy atom. The van der Waals surface area contributed by atoms with Gasteiger partial charge in [0, 0.05) is 18.8 Å². The van der Waals surface area contributed by atoms with Gasteiger partial charge in [-0.05, 0) is 38.2 Å². The van der Waals surface area contributed by atoms with Crippen LogP contribution in [0.2, 0.25) is 0 Å². The monoisotopic (exact) mass is 202 g/mol. The van der Waals surface area contributed by atoms with E-state index in [4.69, 9.17) is 0 Å². The molecule has 2 nitrogen and oxygen atoms in total. The maximum absolute atomic E-state index is 3.53. The third-order valence-corrected chi connectivity index (χ3v) is 3.35. The number of thioether (sulfide) groups is 1. The summed E-state index contributed by atoms with van der Waals surface area (Å²) < 4.78 is 0. The zero-order valence-corrected chi connectivity index (χ0v) is 9.70. The third-order valence-electron chi connectivity index (χ3n) is 2.73. The van der Waals surface area contributed by atoms with Gasteiger partial charge < -0.3 is 10.2 Å². The molecule has 0 aliphatic carbocycles. The number of rotatable bonds is 6. The molecule has 1 heterocycles. The van der Waals surface area contributed by atoms with Crippen LogP contribution in [0, 0.1) is 5.92 Å². The van der Waals surface area contributed by atoms with Crippen molar-refractivity contribution < 1.29 is 0 Å². The van der Waals surface area contributed by atoms with Gasteiger partial charge in [0.15, 0.2) is 0 Å². The van der Waals surface area contributed by atoms with Crippen molar-refractivity contribution in [3.05, 3.63) is 0 Å². The molecule has 3 heteroatoms. The average Bonchev–Trinajstić information content (AvgIpc) is 2.60. The maximum Gasteiger partial charge on any atom is 0.00553 e. The normalized spacial score (nSPS) is 24.0. The highest BCUT2D eigenvalue weighted by atomic mass is 32.2. The second-order valence-corrected chi connectivity index (χ2v) is 4.73. The topological polar surface area (TPSA) is 15.3 Å². The molecule has 1 saturated heterocycles. The number of nitrogens with zero attached hydrogens (tertiary/aromatic N) is 1. The molecule has 1 aliphatic heterocycles. The lowest BCUT2D eigenvalue weighted by Gasteiger charge is -2.13. The zero-order chi connectivity index (χ0) is 9.52. The molecule has 0 amide bonds. The Hall–Kier alpha value is 0.270. The van der Waals surface area contributed by atoms with E-state index in [0.717, 1.165) is 5.92 Å². The van der Waals surface area contributed by atoms with E-state index in [-0.39, 0.29) is 0 Å². The van der Waals surface area contributed by atoms with E-state index in [1.54, 1.807) is 0 Å². The summed E-state index contributed by atoms with van der Waals surface area (Å²) in [4.78, 5) is 2.54. The first-order chi connectivity index (χ1) is 6.36. The van der Waals surface area contributed by atoms with Gasteiger partial charge in [-0.3, -0.25) is 0 Å². The van der Waals surface area contributed by atoms with Crippen molar-refractivity contribution in [3.63, 3.8) is 0 Å². The van der Waals surface area contributed by atoms with Gasteiger partial charge in [0.2, 0.25) is 0 Å². The lowest BCUT2D eigenvalue weighted by atomic mass is 10.1. The Morgan fingerprint density at radius 1 is 1.54 bits per heavy atom. The summed E-state index contributed by atoms with van der Waals surface area (Å²) in [6, 6.07) is 0. The minimum Gasteiger partial charge on any atom is -0.316 e. The highest BCUT2D eigenvalue weighted by Gasteiger charge is 2.19. The number of likely N-dealkylation sites (tertiary alicyclic amines) is 1. The van der Waals surface area contributed by atoms with E-state index in [9.17, 15) is 0 Å². The number of hydrogen-bond acceptors (Lipinski definition) is 3. The molecular formula is C10H22N2S. The lowest BCUT2D eigenvalue weighted by Crippen LogP contribution is -2.27. The van der Waals surface area contributed by atoms with Crippen LogP contribution < -0.4 is 5.32 Å². The van der Waals surface area contributed by atoms with E-state index in [1.807, 2.05) is 11.8 Å². The molecule has 0 radical (unpaired) electrons. The van der Waals surface area contributed by atoms with Gasteiger partial charge in [-0.25, -0.2) is 0 Å². The molecule has 0 saturated carbocycles. The molecule has 78 valence electrons. The summed E-state index contributed by atoms with van der Waals surface area (Å²) in [5.74, 6) is 2.14. The van der Waals surface area contributed by atoms with Crippen LogP contribution in [0.5, 0.6) is 0 Å². The molecule has 1 aliphatic rings. The highest BCUT2D eigenvalue weighted by Crippen LogP contribution is 2.14. The predicted molar refractivity (Wildman–Crippen MR) is 61.5 cm³/mol. The Bertz CT molecular complexity index is 130. The molecule has 1 rings (SSSR count). The fourth-order valence-corrected chi connectivity index (χ4v) is 2.20. The van der Waals surface area contributed by atoms with Crippen LogP contribution in [-0.4, -0.2) is 49.6 Å². The van der Waals surface area contributed by atoms with E-state index >= 15 is 0 Å². The van der Waals surface area contributed by atoms with E-state index in [2.05, 4.69) is 23.4 Å². The van der Waals surface area contributed by atoms with E-state index in [1.165, 1.54) is 44.9 Å². The summed E-state index contributed by atoms with van der Waals surface area (Å²) in [6.45, 7) is 8.49. The van der Waals surface area contributed by atoms with Crippen LogP contribution in [0.4, 0.5) is 0 Å². The van der Waals surface area contributed by atoms with Crippen molar-refractivity contribution in [2.45, 2.75) is 13.3 Å². The predicted octanol–water partition coefficient (Wildman–Crippen LogP) is 1.28. The van der Waals surface area contributed by atoms with Crippen molar-refractivity contribution in [2.75, 3.05) is 44.7 Å². The van der Waals surface area contributed by atoms with Crippen LogP contribution >= 0.6 is 11.8 Å². The molecule has 0 aromatic heterocycles. The lowest BCUT2D eigenvalue weighted by molar-refractivity contribution is 0.339. The Kier molecular flexibility index (Phi) is 5.83. The summed E-state index contributed by atoms with van der Waals surface area (Å²) >= 11 is 1.92. The fraction of sp³-hybridized carbons (Fsp3) is 1.00. The molecule has 0 aromatic carbocycles. The van der Waals surface area contributed by atoms with Crippen molar-refractivity contribution in [3.8, 4) is 0 Å². The molecule has 0 aromatic rings. The molecule has 1 unspecified atom stereocenters. The second kappa shape index (κ2) is 6.68. The average molecular weight is 202 g/mol. The first-order valence-electron chi connectivity index (χ1n) is 5.28. The van der Waals surface area contributed by atoms with Gasteiger partial charge in [0.1, 0.15) is 0 Å². The number of hydrogen-bond donors (Lipinski definition) is 1. The molecule has 1 fully saturated rings. The van der Waals surface area contributed by atoms with Gasteiger partial charge >= 0.3 is 0 Å². The van der Waals surface area contributed by atoms with Crippen molar-refractivity contribution in [1.29, 1.82) is 0 Å². The van der Waals surface area contributed by atoms with Crippen molar-refractivity contribution in [2.24, 2.45) is 5.92 Å². The van der Waals surface area contributed by atoms with Gasteiger partial charge in [-0.2, -0.15) is 11.8 Å². The second-order valence-electron chi connectivity index (χ2n) is 3.74. The fourth-order valence-electron chi connectivity index (χ4n) is 1.85. The molecule has 0 spiro atoms. The van der Waals surface area contributed by atoms with Crippen LogP contribution in [-0.2, 0) is 0 Å². The number of nitrogens with one attached hydrogen (secondary N) is 1. The Morgan fingerprint density at radius 3 is 3.00 bits per heavy atom. The molecule has 0 bridgehead atoms. The zero-order valence-electron chi connectivity index (χ0n) is 8.88. The van der Waals surface area contributed by atoms with Crippen LogP contribution in [0.3, 0.4) is 0 Å². The quantitative estimate of drug-likeness (QED) is 0.653. The standard InChI is InChI=1S/C10H22N2S/c1-3-12-6-4-10(9-12)8-11-5-7-13-2/h10-11H,3-9H2,1-2H3. The van der Waals surface area contributed by atoms with Gasteiger partial charge in [-0.1, -0.05) is 6.92 Å². The highest BCUT2D eigenvalue weighted by molar-refractivity contribution is 7.98. The Labute approximate surface area is 86.5 Å². The minimum atomic E-state index is 0.904. The first-order valence-corrected chi connectivity index (χ1v) is 6.68. The molecule has 1 atom stereocenters. The van der Waals surface area contributed by atoms with Crippen LogP contribution in [0.1, 0.15) is 13.3 Å². The van der Waals surface area contributed by atoms with Crippen molar-refractivity contribution >= 4 is 11.8 Å². The summed E-state index contributed by atoms with van der Waals surface area (Å²) in [5, 5.41) is 3.53. The smallest absolute Gasteiger partial charge is 0.00553 e. The summed E-state index contributed by atoms with van der Waals surface area (Å²) in [7, 11) is 0. The van der Waals surface area contributed by atoms with E-state index < -0.39 is 0 Å².